The van der Waals surface area contributed by atoms with Crippen LogP contribution in [-0.4, -0.2) is 42.4 Å². The first-order valence-corrected chi connectivity index (χ1v) is 10.5. The van der Waals surface area contributed by atoms with Gasteiger partial charge in [-0.05, 0) is 24.8 Å². The summed E-state index contributed by atoms with van der Waals surface area (Å²) in [4.78, 5) is 27.5. The summed E-state index contributed by atoms with van der Waals surface area (Å²) in [5.41, 5.74) is 2.97. The van der Waals surface area contributed by atoms with E-state index in [0.29, 0.717) is 30.2 Å². The van der Waals surface area contributed by atoms with Gasteiger partial charge in [-0.1, -0.05) is 37.3 Å². The number of nitrogens with one attached hydrogen (secondary N) is 1. The number of nitrogens with zero attached hydrogens (tertiary/aromatic N) is 6. The lowest BCUT2D eigenvalue weighted by Crippen LogP contribution is -2.24. The molecule has 1 aliphatic heterocycles. The van der Waals surface area contributed by atoms with E-state index in [1.165, 1.54) is 5.56 Å². The van der Waals surface area contributed by atoms with Crippen molar-refractivity contribution in [3.05, 3.63) is 58.6 Å². The lowest BCUT2D eigenvalue weighted by molar-refractivity contribution is 0.686. The second-order valence-electron chi connectivity index (χ2n) is 7.76. The fourth-order valence-corrected chi connectivity index (χ4v) is 4.11. The molecule has 1 aliphatic rings. The molecule has 3 aromatic heterocycles. The monoisotopic (exact) mass is 403 g/mol. The quantitative estimate of drug-likeness (QED) is 0.535. The Balaban J connectivity index is 1.56. The molecular formula is C22H25N7O. The fraction of sp³-hybridized carbons (Fsp3) is 0.364. The predicted molar refractivity (Wildman–Crippen MR) is 117 cm³/mol. The van der Waals surface area contributed by atoms with Gasteiger partial charge < -0.3 is 9.47 Å². The van der Waals surface area contributed by atoms with Crippen LogP contribution in [0.4, 0.5) is 5.95 Å². The van der Waals surface area contributed by atoms with E-state index in [2.05, 4.69) is 34.0 Å². The largest absolute Gasteiger partial charge is 0.342 e. The maximum Gasteiger partial charge on any atom is 0.278 e. The van der Waals surface area contributed by atoms with E-state index >= 15 is 0 Å². The fourth-order valence-electron chi connectivity index (χ4n) is 4.11. The number of hydrogen-bond donors (Lipinski definition) is 1. The summed E-state index contributed by atoms with van der Waals surface area (Å²) in [6.07, 6.45) is 6.93. The molecule has 0 radical (unpaired) electrons. The highest BCUT2D eigenvalue weighted by molar-refractivity contribution is 5.77. The molecule has 8 nitrogen and oxygen atoms in total. The van der Waals surface area contributed by atoms with Crippen molar-refractivity contribution in [2.45, 2.75) is 39.3 Å². The molecule has 1 N–H and O–H groups in total. The summed E-state index contributed by atoms with van der Waals surface area (Å²) in [6.45, 7) is 5.32. The van der Waals surface area contributed by atoms with Crippen LogP contribution >= 0.6 is 0 Å². The summed E-state index contributed by atoms with van der Waals surface area (Å²) in [6, 6.07) is 10.2. The number of aryl methyl sites for hydroxylation is 1. The lowest BCUT2D eigenvalue weighted by atomic mass is 10.2. The van der Waals surface area contributed by atoms with Gasteiger partial charge in [-0.15, -0.1) is 0 Å². The zero-order chi connectivity index (χ0) is 20.5. The van der Waals surface area contributed by atoms with Gasteiger partial charge in [0.05, 0.1) is 18.3 Å². The minimum Gasteiger partial charge on any atom is -0.342 e. The van der Waals surface area contributed by atoms with Crippen molar-refractivity contribution in [1.29, 1.82) is 0 Å². The third kappa shape index (κ3) is 3.38. The van der Waals surface area contributed by atoms with E-state index in [9.17, 15) is 4.79 Å². The SMILES string of the molecule is CCCn1c(-c2cnn(Cc3ccccc3)c2)nc2nc(N3CCCC3)[nH]c(=O)c21. The molecule has 0 unspecified atom stereocenters. The third-order valence-electron chi connectivity index (χ3n) is 5.53. The van der Waals surface area contributed by atoms with Gasteiger partial charge in [-0.3, -0.25) is 14.5 Å². The summed E-state index contributed by atoms with van der Waals surface area (Å²) < 4.78 is 3.87. The second-order valence-corrected chi connectivity index (χ2v) is 7.76. The molecule has 4 heterocycles. The molecule has 1 saturated heterocycles. The van der Waals surface area contributed by atoms with E-state index in [0.717, 1.165) is 43.7 Å². The van der Waals surface area contributed by atoms with Crippen LogP contribution in [0.2, 0.25) is 0 Å². The minimum atomic E-state index is -0.134. The highest BCUT2D eigenvalue weighted by Crippen LogP contribution is 2.24. The number of fused-ring (bicyclic) bond motifs is 1. The molecule has 0 saturated carbocycles. The van der Waals surface area contributed by atoms with E-state index < -0.39 is 0 Å². The molecule has 0 aliphatic carbocycles. The summed E-state index contributed by atoms with van der Waals surface area (Å²) >= 11 is 0. The smallest absolute Gasteiger partial charge is 0.278 e. The summed E-state index contributed by atoms with van der Waals surface area (Å²) in [7, 11) is 0. The number of H-pyrrole nitrogens is 1. The molecule has 1 aromatic carbocycles. The number of anilines is 1. The van der Waals surface area contributed by atoms with Gasteiger partial charge in [0, 0.05) is 25.8 Å². The van der Waals surface area contributed by atoms with Gasteiger partial charge in [-0.25, -0.2) is 4.98 Å². The Labute approximate surface area is 174 Å². The van der Waals surface area contributed by atoms with E-state index in [1.54, 1.807) is 0 Å². The van der Waals surface area contributed by atoms with Gasteiger partial charge in [0.2, 0.25) is 5.95 Å². The Morgan fingerprint density at radius 3 is 2.67 bits per heavy atom. The molecule has 5 rings (SSSR count). The average molecular weight is 403 g/mol. The average Bonchev–Trinajstić information content (AvgIpc) is 3.49. The Bertz CT molecular complexity index is 1220. The zero-order valence-electron chi connectivity index (χ0n) is 17.1. The van der Waals surface area contributed by atoms with Crippen LogP contribution in [0.25, 0.3) is 22.6 Å². The van der Waals surface area contributed by atoms with Crippen molar-refractivity contribution in [2.75, 3.05) is 18.0 Å². The van der Waals surface area contributed by atoms with E-state index in [1.807, 2.05) is 39.8 Å². The molecule has 4 aromatic rings. The van der Waals surface area contributed by atoms with Gasteiger partial charge in [0.15, 0.2) is 11.2 Å². The van der Waals surface area contributed by atoms with Gasteiger partial charge in [0.25, 0.3) is 5.56 Å². The van der Waals surface area contributed by atoms with Crippen molar-refractivity contribution < 1.29 is 0 Å². The van der Waals surface area contributed by atoms with Crippen LogP contribution in [0, 0.1) is 0 Å². The van der Waals surface area contributed by atoms with Gasteiger partial charge in [-0.2, -0.15) is 10.1 Å². The van der Waals surface area contributed by atoms with Crippen LogP contribution in [0.3, 0.4) is 0 Å². The Morgan fingerprint density at radius 2 is 1.90 bits per heavy atom. The van der Waals surface area contributed by atoms with Crippen molar-refractivity contribution >= 4 is 17.1 Å². The van der Waals surface area contributed by atoms with E-state index in [-0.39, 0.29) is 5.56 Å². The first-order valence-electron chi connectivity index (χ1n) is 10.5. The highest BCUT2D eigenvalue weighted by Gasteiger charge is 2.21. The molecule has 1 fully saturated rings. The van der Waals surface area contributed by atoms with Gasteiger partial charge in [0.1, 0.15) is 5.82 Å². The molecular weight excluding hydrogens is 378 g/mol. The number of aromatic nitrogens is 6. The van der Waals surface area contributed by atoms with Crippen LogP contribution < -0.4 is 10.5 Å². The molecule has 0 bridgehead atoms. The van der Waals surface area contributed by atoms with Crippen molar-refractivity contribution in [1.82, 2.24) is 29.3 Å². The zero-order valence-corrected chi connectivity index (χ0v) is 17.1. The number of rotatable bonds is 6. The molecule has 0 atom stereocenters. The topological polar surface area (TPSA) is 84.6 Å². The van der Waals surface area contributed by atoms with Crippen LogP contribution in [0.1, 0.15) is 31.7 Å². The molecule has 0 amide bonds. The number of benzene rings is 1. The Hall–Kier alpha value is -3.42. The highest BCUT2D eigenvalue weighted by atomic mass is 16.1. The Morgan fingerprint density at radius 1 is 1.10 bits per heavy atom. The van der Waals surface area contributed by atoms with Crippen molar-refractivity contribution in [3.8, 4) is 11.4 Å². The van der Waals surface area contributed by atoms with Crippen LogP contribution in [0.15, 0.2) is 47.5 Å². The normalized spacial score (nSPS) is 14.1. The standard InChI is InChI=1S/C22H25N7O/c1-2-10-29-18-19(25-22(26-21(18)30)27-11-6-7-12-27)24-20(29)17-13-23-28(15-17)14-16-8-4-3-5-9-16/h3-5,8-9,13,15H,2,6-7,10-12,14H2,1H3,(H,25,26,30). The second kappa shape index (κ2) is 7.78. The van der Waals surface area contributed by atoms with Crippen LogP contribution in [-0.2, 0) is 13.1 Å². The van der Waals surface area contributed by atoms with Crippen molar-refractivity contribution in [3.63, 3.8) is 0 Å². The number of aromatic amines is 1. The number of hydrogen-bond acceptors (Lipinski definition) is 5. The summed E-state index contributed by atoms with van der Waals surface area (Å²) in [5.74, 6) is 1.36. The Kier molecular flexibility index (Phi) is 4.82. The number of imidazole rings is 1. The maximum atomic E-state index is 12.9. The van der Waals surface area contributed by atoms with Gasteiger partial charge >= 0.3 is 0 Å². The van der Waals surface area contributed by atoms with Crippen molar-refractivity contribution in [2.24, 2.45) is 0 Å². The summed E-state index contributed by atoms with van der Waals surface area (Å²) in [5, 5.41) is 4.51. The van der Waals surface area contributed by atoms with Crippen LogP contribution in [0.5, 0.6) is 0 Å². The first-order chi connectivity index (χ1) is 14.7. The molecule has 154 valence electrons. The third-order valence-corrected chi connectivity index (χ3v) is 5.53. The lowest BCUT2D eigenvalue weighted by Gasteiger charge is -2.15. The first kappa shape index (κ1) is 18.6. The molecule has 8 heteroatoms. The predicted octanol–water partition coefficient (Wildman–Crippen LogP) is 3.04. The molecule has 0 spiro atoms. The minimum absolute atomic E-state index is 0.134. The molecule has 30 heavy (non-hydrogen) atoms. The van der Waals surface area contributed by atoms with E-state index in [4.69, 9.17) is 9.97 Å². The maximum absolute atomic E-state index is 12.9.